The van der Waals surface area contributed by atoms with Gasteiger partial charge in [0.15, 0.2) is 0 Å². The molecule has 2 aromatic rings. The molecule has 0 fully saturated rings. The second-order valence-corrected chi connectivity index (χ2v) is 8.15. The zero-order chi connectivity index (χ0) is 18.8. The Bertz CT molecular complexity index is 905. The van der Waals surface area contributed by atoms with Crippen molar-refractivity contribution in [1.29, 1.82) is 0 Å². The van der Waals surface area contributed by atoms with Gasteiger partial charge >= 0.3 is 0 Å². The van der Waals surface area contributed by atoms with Gasteiger partial charge in [0.2, 0.25) is 0 Å². The average Bonchev–Trinajstić information content (AvgIpc) is 2.49. The molecule has 0 unspecified atom stereocenters. The molecule has 2 rings (SSSR count). The molecule has 0 bridgehead atoms. The number of hydrogen-bond donors (Lipinski definition) is 2. The highest BCUT2D eigenvalue weighted by Gasteiger charge is 2.14. The highest BCUT2D eigenvalue weighted by Crippen LogP contribution is 2.31. The lowest BCUT2D eigenvalue weighted by molar-refractivity contribution is 0.464. The van der Waals surface area contributed by atoms with E-state index in [9.17, 15) is 13.5 Å². The van der Waals surface area contributed by atoms with Gasteiger partial charge < -0.3 is 10.4 Å². The zero-order valence-electron chi connectivity index (χ0n) is 14.5. The monoisotopic (exact) mass is 380 g/mol. The van der Waals surface area contributed by atoms with Crippen molar-refractivity contribution < 1.29 is 13.5 Å². The first kappa shape index (κ1) is 19.3. The molecular weight excluding hydrogens is 360 g/mol. The Kier molecular flexibility index (Phi) is 5.75. The number of amidine groups is 1. The predicted molar refractivity (Wildman–Crippen MR) is 102 cm³/mol. The van der Waals surface area contributed by atoms with E-state index in [-0.39, 0.29) is 22.4 Å². The van der Waals surface area contributed by atoms with Crippen molar-refractivity contribution in [3.8, 4) is 5.75 Å². The van der Waals surface area contributed by atoms with E-state index in [0.717, 1.165) is 11.1 Å². The number of benzene rings is 2. The topological polar surface area (TPSA) is 78.8 Å². The third-order valence-electron chi connectivity index (χ3n) is 3.68. The smallest absolute Gasteiger partial charge is 0.283 e. The molecule has 0 saturated carbocycles. The lowest BCUT2D eigenvalue weighted by Gasteiger charge is -2.15. The molecule has 2 aromatic carbocycles. The third kappa shape index (κ3) is 4.74. The van der Waals surface area contributed by atoms with Crippen LogP contribution in [0.25, 0.3) is 0 Å². The first-order valence-corrected chi connectivity index (χ1v) is 9.59. The minimum absolute atomic E-state index is 0.0725. The first-order valence-electron chi connectivity index (χ1n) is 7.78. The fourth-order valence-corrected chi connectivity index (χ4v) is 3.48. The maximum atomic E-state index is 12.3. The second-order valence-electron chi connectivity index (χ2n) is 6.11. The van der Waals surface area contributed by atoms with Gasteiger partial charge in [0.25, 0.3) is 10.0 Å². The van der Waals surface area contributed by atoms with E-state index in [1.807, 2.05) is 26.8 Å². The number of sulfonamides is 1. The Morgan fingerprint density at radius 2 is 1.80 bits per heavy atom. The van der Waals surface area contributed by atoms with E-state index in [4.69, 9.17) is 11.6 Å². The van der Waals surface area contributed by atoms with Crippen LogP contribution in [0.3, 0.4) is 0 Å². The van der Waals surface area contributed by atoms with Crippen LogP contribution in [0.4, 0.5) is 5.69 Å². The van der Waals surface area contributed by atoms with Gasteiger partial charge in [0, 0.05) is 10.7 Å². The zero-order valence-corrected chi connectivity index (χ0v) is 16.1. The van der Waals surface area contributed by atoms with E-state index in [2.05, 4.69) is 9.71 Å². The number of anilines is 1. The van der Waals surface area contributed by atoms with Crippen LogP contribution in [0.15, 0.2) is 45.7 Å². The molecule has 0 spiro atoms. The number of rotatable bonds is 4. The molecule has 5 nitrogen and oxygen atoms in total. The SMILES string of the molecule is C/C(=N\S(=O)(=O)c1ccc(Cl)cc1)Nc1cc(C(C)C)c(O)cc1C. The summed E-state index contributed by atoms with van der Waals surface area (Å²) in [5.41, 5.74) is 2.27. The van der Waals surface area contributed by atoms with Gasteiger partial charge in [-0.15, -0.1) is 4.40 Å². The summed E-state index contributed by atoms with van der Waals surface area (Å²) < 4.78 is 28.5. The number of hydrogen-bond acceptors (Lipinski definition) is 3. The van der Waals surface area contributed by atoms with Crippen molar-refractivity contribution in [3.05, 3.63) is 52.5 Å². The Labute approximate surface area is 153 Å². The number of halogens is 1. The molecule has 25 heavy (non-hydrogen) atoms. The quantitative estimate of drug-likeness (QED) is 0.458. The summed E-state index contributed by atoms with van der Waals surface area (Å²) >= 11 is 5.78. The molecule has 0 atom stereocenters. The van der Waals surface area contributed by atoms with Gasteiger partial charge in [-0.2, -0.15) is 8.42 Å². The fraction of sp³-hybridized carbons (Fsp3) is 0.278. The van der Waals surface area contributed by atoms with Crippen molar-refractivity contribution >= 4 is 33.1 Å². The number of aryl methyl sites for hydroxylation is 1. The van der Waals surface area contributed by atoms with Crippen LogP contribution in [0.2, 0.25) is 5.02 Å². The number of phenolic OH excluding ortho intramolecular Hbond substituents is 1. The Morgan fingerprint density at radius 3 is 2.36 bits per heavy atom. The number of nitrogens with zero attached hydrogens (tertiary/aromatic N) is 1. The molecule has 0 amide bonds. The van der Waals surface area contributed by atoms with Crippen LogP contribution in [-0.4, -0.2) is 19.4 Å². The largest absolute Gasteiger partial charge is 0.508 e. The van der Waals surface area contributed by atoms with Gasteiger partial charge in [-0.1, -0.05) is 25.4 Å². The predicted octanol–water partition coefficient (Wildman–Crippen LogP) is 4.70. The minimum Gasteiger partial charge on any atom is -0.508 e. The Morgan fingerprint density at radius 1 is 1.20 bits per heavy atom. The van der Waals surface area contributed by atoms with E-state index in [0.29, 0.717) is 10.7 Å². The van der Waals surface area contributed by atoms with E-state index >= 15 is 0 Å². The maximum Gasteiger partial charge on any atom is 0.283 e. The summed E-state index contributed by atoms with van der Waals surface area (Å²) in [6.45, 7) is 7.35. The molecule has 0 aliphatic rings. The number of nitrogens with one attached hydrogen (secondary N) is 1. The normalized spacial score (nSPS) is 12.5. The molecule has 0 aliphatic heterocycles. The Balaban J connectivity index is 2.32. The number of phenols is 1. The molecule has 2 N–H and O–H groups in total. The lowest BCUT2D eigenvalue weighted by atomic mass is 9.99. The van der Waals surface area contributed by atoms with Gasteiger partial charge in [-0.05, 0) is 67.3 Å². The minimum atomic E-state index is -3.83. The fourth-order valence-electron chi connectivity index (χ4n) is 2.36. The highest BCUT2D eigenvalue weighted by atomic mass is 35.5. The van der Waals surface area contributed by atoms with Crippen LogP contribution < -0.4 is 5.32 Å². The molecule has 7 heteroatoms. The third-order valence-corrected chi connectivity index (χ3v) is 5.31. The van der Waals surface area contributed by atoms with E-state index in [1.54, 1.807) is 13.0 Å². The summed E-state index contributed by atoms with van der Waals surface area (Å²) in [4.78, 5) is 0.0725. The van der Waals surface area contributed by atoms with Gasteiger partial charge in [-0.3, -0.25) is 0 Å². The lowest BCUT2D eigenvalue weighted by Crippen LogP contribution is -2.12. The van der Waals surface area contributed by atoms with Crippen molar-refractivity contribution in [2.24, 2.45) is 4.40 Å². The van der Waals surface area contributed by atoms with Crippen LogP contribution in [-0.2, 0) is 10.0 Å². The maximum absolute atomic E-state index is 12.3. The first-order chi connectivity index (χ1) is 11.6. The summed E-state index contributed by atoms with van der Waals surface area (Å²) in [6, 6.07) is 9.30. The molecule has 0 aromatic heterocycles. The molecule has 0 saturated heterocycles. The number of aromatic hydroxyl groups is 1. The van der Waals surface area contributed by atoms with Crippen LogP contribution in [0.5, 0.6) is 5.75 Å². The van der Waals surface area contributed by atoms with Crippen LogP contribution in [0, 0.1) is 6.92 Å². The van der Waals surface area contributed by atoms with E-state index in [1.165, 1.54) is 24.3 Å². The second kappa shape index (κ2) is 7.45. The molecule has 0 aliphatic carbocycles. The van der Waals surface area contributed by atoms with Crippen molar-refractivity contribution in [2.75, 3.05) is 5.32 Å². The summed E-state index contributed by atoms with van der Waals surface area (Å²) in [5.74, 6) is 0.594. The summed E-state index contributed by atoms with van der Waals surface area (Å²) in [7, 11) is -3.83. The van der Waals surface area contributed by atoms with Gasteiger partial charge in [0.1, 0.15) is 11.6 Å². The molecule has 134 valence electrons. The molecule has 0 heterocycles. The highest BCUT2D eigenvalue weighted by molar-refractivity contribution is 7.90. The average molecular weight is 381 g/mol. The van der Waals surface area contributed by atoms with Gasteiger partial charge in [0.05, 0.1) is 4.90 Å². The van der Waals surface area contributed by atoms with Crippen molar-refractivity contribution in [1.82, 2.24) is 0 Å². The summed E-state index contributed by atoms with van der Waals surface area (Å²) in [5, 5.41) is 13.5. The Hall–Kier alpha value is -2.05. The standard InChI is InChI=1S/C18H21ClN2O3S/c1-11(2)16-10-17(12(3)9-18(16)22)20-13(4)21-25(23,24)15-7-5-14(19)6-8-15/h5-11,22H,1-4H3,(H,20,21). The van der Waals surface area contributed by atoms with Gasteiger partial charge in [-0.25, -0.2) is 0 Å². The summed E-state index contributed by atoms with van der Waals surface area (Å²) in [6.07, 6.45) is 0. The van der Waals surface area contributed by atoms with Crippen LogP contribution >= 0.6 is 11.6 Å². The van der Waals surface area contributed by atoms with Crippen molar-refractivity contribution in [3.63, 3.8) is 0 Å². The van der Waals surface area contributed by atoms with Crippen molar-refractivity contribution in [2.45, 2.75) is 38.5 Å². The molecular formula is C18H21ClN2O3S. The van der Waals surface area contributed by atoms with Crippen LogP contribution in [0.1, 0.15) is 37.8 Å². The van der Waals surface area contributed by atoms with E-state index < -0.39 is 10.0 Å². The molecule has 0 radical (unpaired) electrons.